The van der Waals surface area contributed by atoms with Crippen LogP contribution in [-0.4, -0.2) is 16.0 Å². The minimum atomic E-state index is -0.290. The monoisotopic (exact) mass is 403 g/mol. The highest BCUT2D eigenvalue weighted by Gasteiger charge is 2.10. The van der Waals surface area contributed by atoms with Crippen molar-refractivity contribution in [1.29, 1.82) is 0 Å². The number of unbranched alkanes of at least 4 members (excludes halogenated alkanes) is 1. The predicted octanol–water partition coefficient (Wildman–Crippen LogP) is 5.42. The lowest BCUT2D eigenvalue weighted by Crippen LogP contribution is -2.34. The average Bonchev–Trinajstić information content (AvgIpc) is 3.01. The van der Waals surface area contributed by atoms with Crippen molar-refractivity contribution in [2.45, 2.75) is 26.2 Å². The van der Waals surface area contributed by atoms with Gasteiger partial charge < -0.3 is 5.32 Å². The van der Waals surface area contributed by atoms with Crippen LogP contribution in [0.3, 0.4) is 0 Å². The minimum Gasteiger partial charge on any atom is -0.308 e. The standard InChI is InChI=1S/C19H18ClN3OS2/c1-2-3-4-12-5-10-15-16(11-12)26-19(21-15)23-18(25)22-17(24)13-6-8-14(20)9-7-13/h5-11H,2-4H2,1H3,(H2,21,22,23,24,25). The number of thiocarbonyl (C=S) groups is 1. The molecular formula is C19H18ClN3OS2. The first-order chi connectivity index (χ1) is 12.5. The number of hydrogen-bond donors (Lipinski definition) is 2. The molecule has 1 aromatic heterocycles. The van der Waals surface area contributed by atoms with Crippen LogP contribution in [0, 0.1) is 0 Å². The fourth-order valence-corrected chi connectivity index (χ4v) is 3.78. The molecule has 0 aliphatic carbocycles. The van der Waals surface area contributed by atoms with Gasteiger partial charge in [-0.25, -0.2) is 4.98 Å². The van der Waals surface area contributed by atoms with Crippen LogP contribution in [0.5, 0.6) is 0 Å². The van der Waals surface area contributed by atoms with Gasteiger partial charge in [0, 0.05) is 10.6 Å². The average molecular weight is 404 g/mol. The van der Waals surface area contributed by atoms with Crippen LogP contribution >= 0.6 is 35.2 Å². The molecule has 0 unspecified atom stereocenters. The molecule has 0 aliphatic rings. The van der Waals surface area contributed by atoms with Gasteiger partial charge in [-0.15, -0.1) is 0 Å². The Bertz CT molecular complexity index is 938. The number of aryl methyl sites for hydroxylation is 1. The molecule has 0 aliphatic heterocycles. The summed E-state index contributed by atoms with van der Waals surface area (Å²) in [7, 11) is 0. The van der Waals surface area contributed by atoms with Crippen LogP contribution in [0.25, 0.3) is 10.2 Å². The van der Waals surface area contributed by atoms with E-state index in [2.05, 4.69) is 34.7 Å². The summed E-state index contributed by atoms with van der Waals surface area (Å²) in [6, 6.07) is 12.9. The summed E-state index contributed by atoms with van der Waals surface area (Å²) in [6.45, 7) is 2.19. The van der Waals surface area contributed by atoms with Gasteiger partial charge in [0.25, 0.3) is 5.91 Å². The Kier molecular flexibility index (Phi) is 6.19. The number of carbonyl (C=O) groups excluding carboxylic acids is 1. The van der Waals surface area contributed by atoms with Crippen molar-refractivity contribution in [2.24, 2.45) is 0 Å². The van der Waals surface area contributed by atoms with E-state index in [9.17, 15) is 4.79 Å². The zero-order valence-electron chi connectivity index (χ0n) is 14.2. The molecule has 0 saturated carbocycles. The number of halogens is 1. The summed E-state index contributed by atoms with van der Waals surface area (Å²) >= 11 is 12.6. The number of amides is 1. The number of rotatable bonds is 5. The van der Waals surface area contributed by atoms with Crippen molar-refractivity contribution >= 4 is 61.5 Å². The first-order valence-electron chi connectivity index (χ1n) is 8.32. The van der Waals surface area contributed by atoms with Crippen molar-refractivity contribution in [3.05, 3.63) is 58.6 Å². The van der Waals surface area contributed by atoms with Gasteiger partial charge in [0.05, 0.1) is 10.2 Å². The van der Waals surface area contributed by atoms with Crippen molar-refractivity contribution < 1.29 is 4.79 Å². The number of nitrogens with one attached hydrogen (secondary N) is 2. The molecule has 2 aromatic carbocycles. The number of nitrogens with zero attached hydrogens (tertiary/aromatic N) is 1. The summed E-state index contributed by atoms with van der Waals surface area (Å²) < 4.78 is 1.10. The molecular weight excluding hydrogens is 386 g/mol. The fraction of sp³-hybridized carbons (Fsp3) is 0.211. The molecule has 1 amide bonds. The fourth-order valence-electron chi connectivity index (χ4n) is 2.46. The normalized spacial score (nSPS) is 10.7. The Balaban J connectivity index is 1.65. The molecule has 3 rings (SSSR count). The molecule has 4 nitrogen and oxygen atoms in total. The number of thiazole rings is 1. The zero-order valence-corrected chi connectivity index (χ0v) is 16.6. The van der Waals surface area contributed by atoms with Gasteiger partial charge in [0.15, 0.2) is 10.2 Å². The second-order valence-electron chi connectivity index (χ2n) is 5.84. The van der Waals surface area contributed by atoms with E-state index in [1.54, 1.807) is 24.3 Å². The maximum atomic E-state index is 12.2. The van der Waals surface area contributed by atoms with E-state index in [0.29, 0.717) is 15.7 Å². The lowest BCUT2D eigenvalue weighted by molar-refractivity contribution is 0.0978. The van der Waals surface area contributed by atoms with Crippen LogP contribution in [0.15, 0.2) is 42.5 Å². The highest BCUT2D eigenvalue weighted by molar-refractivity contribution is 7.80. The van der Waals surface area contributed by atoms with Gasteiger partial charge in [-0.3, -0.25) is 10.1 Å². The van der Waals surface area contributed by atoms with Crippen molar-refractivity contribution in [3.8, 4) is 0 Å². The molecule has 0 radical (unpaired) electrons. The van der Waals surface area contributed by atoms with Crippen molar-refractivity contribution in [3.63, 3.8) is 0 Å². The van der Waals surface area contributed by atoms with E-state index in [1.807, 2.05) is 6.07 Å². The Morgan fingerprint density at radius 3 is 2.73 bits per heavy atom. The van der Waals surface area contributed by atoms with E-state index in [-0.39, 0.29) is 11.0 Å². The number of benzene rings is 2. The van der Waals surface area contributed by atoms with E-state index in [4.69, 9.17) is 23.8 Å². The van der Waals surface area contributed by atoms with E-state index < -0.39 is 0 Å². The number of aromatic nitrogens is 1. The molecule has 0 spiro atoms. The highest BCUT2D eigenvalue weighted by atomic mass is 35.5. The third-order valence-electron chi connectivity index (χ3n) is 3.83. The van der Waals surface area contributed by atoms with Gasteiger partial charge in [-0.05, 0) is 67.0 Å². The molecule has 7 heteroatoms. The summed E-state index contributed by atoms with van der Waals surface area (Å²) in [5.41, 5.74) is 2.72. The first-order valence-corrected chi connectivity index (χ1v) is 9.93. The third kappa shape index (κ3) is 4.78. The van der Waals surface area contributed by atoms with Crippen LogP contribution in [0.1, 0.15) is 35.7 Å². The first kappa shape index (κ1) is 18.8. The number of fused-ring (bicyclic) bond motifs is 1. The molecule has 134 valence electrons. The van der Waals surface area contributed by atoms with E-state index in [1.165, 1.54) is 29.7 Å². The maximum absolute atomic E-state index is 12.2. The minimum absolute atomic E-state index is 0.218. The number of anilines is 1. The van der Waals surface area contributed by atoms with Crippen molar-refractivity contribution in [1.82, 2.24) is 10.3 Å². The molecule has 0 fully saturated rings. The Hall–Kier alpha value is -2.02. The largest absolute Gasteiger partial charge is 0.308 e. The summed E-state index contributed by atoms with van der Waals surface area (Å²) in [4.78, 5) is 16.7. The summed E-state index contributed by atoms with van der Waals surface area (Å²) in [6.07, 6.45) is 3.42. The summed E-state index contributed by atoms with van der Waals surface area (Å²) in [5.74, 6) is -0.290. The Morgan fingerprint density at radius 1 is 1.23 bits per heavy atom. The second kappa shape index (κ2) is 8.58. The number of carbonyl (C=O) groups is 1. The van der Waals surface area contributed by atoms with Crippen molar-refractivity contribution in [2.75, 3.05) is 5.32 Å². The van der Waals surface area contributed by atoms with Gasteiger partial charge >= 0.3 is 0 Å². The maximum Gasteiger partial charge on any atom is 0.257 e. The predicted molar refractivity (Wildman–Crippen MR) is 113 cm³/mol. The van der Waals surface area contributed by atoms with Gasteiger partial charge in [0.1, 0.15) is 0 Å². The molecule has 0 atom stereocenters. The smallest absolute Gasteiger partial charge is 0.257 e. The van der Waals surface area contributed by atoms with Gasteiger partial charge in [-0.2, -0.15) is 0 Å². The molecule has 1 heterocycles. The van der Waals surface area contributed by atoms with E-state index in [0.717, 1.165) is 16.6 Å². The lowest BCUT2D eigenvalue weighted by Gasteiger charge is -2.07. The highest BCUT2D eigenvalue weighted by Crippen LogP contribution is 2.27. The van der Waals surface area contributed by atoms with Crippen LogP contribution in [0.4, 0.5) is 5.13 Å². The topological polar surface area (TPSA) is 54.0 Å². The SMILES string of the molecule is CCCCc1ccc2nc(NC(=S)NC(=O)c3ccc(Cl)cc3)sc2c1. The Morgan fingerprint density at radius 2 is 2.00 bits per heavy atom. The second-order valence-corrected chi connectivity index (χ2v) is 7.72. The van der Waals surface area contributed by atoms with Crippen LogP contribution < -0.4 is 10.6 Å². The Labute approximate surface area is 166 Å². The molecule has 26 heavy (non-hydrogen) atoms. The summed E-state index contributed by atoms with van der Waals surface area (Å²) in [5, 5.41) is 7.10. The van der Waals surface area contributed by atoms with Crippen LogP contribution in [0.2, 0.25) is 5.02 Å². The molecule has 0 bridgehead atoms. The van der Waals surface area contributed by atoms with E-state index >= 15 is 0 Å². The molecule has 2 N–H and O–H groups in total. The molecule has 3 aromatic rings. The quantitative estimate of drug-likeness (QED) is 0.558. The zero-order chi connectivity index (χ0) is 18.5. The van der Waals surface area contributed by atoms with Gasteiger partial charge in [0.2, 0.25) is 0 Å². The lowest BCUT2D eigenvalue weighted by atomic mass is 10.1. The van der Waals surface area contributed by atoms with Crippen LogP contribution in [-0.2, 0) is 6.42 Å². The van der Waals surface area contributed by atoms with Gasteiger partial charge in [-0.1, -0.05) is 42.3 Å². The molecule has 0 saturated heterocycles. The third-order valence-corrected chi connectivity index (χ3v) is 5.22. The number of hydrogen-bond acceptors (Lipinski definition) is 4.